The quantitative estimate of drug-likeness (QED) is 0.764. The van der Waals surface area contributed by atoms with Crippen LogP contribution in [0.5, 0.6) is 0 Å². The second-order valence-corrected chi connectivity index (χ2v) is 9.10. The molecule has 2 aromatic rings. The van der Waals surface area contributed by atoms with E-state index in [0.29, 0.717) is 24.2 Å². The number of rotatable bonds is 7. The van der Waals surface area contributed by atoms with Gasteiger partial charge >= 0.3 is 5.97 Å². The fourth-order valence-electron chi connectivity index (χ4n) is 3.65. The maximum Gasteiger partial charge on any atom is 0.303 e. The molecule has 5 nitrogen and oxygen atoms in total. The van der Waals surface area contributed by atoms with Crippen LogP contribution in [0, 0.1) is 0 Å². The lowest BCUT2D eigenvalue weighted by Gasteiger charge is -2.17. The SMILES string of the molecule is CC(C)c1ccccc1S(=O)(=O)NC1Cc2ccc(CCC(=O)O)cc2C1. The summed E-state index contributed by atoms with van der Waals surface area (Å²) in [4.78, 5) is 11.1. The van der Waals surface area contributed by atoms with Crippen LogP contribution in [0.3, 0.4) is 0 Å². The molecule has 0 radical (unpaired) electrons. The number of hydrogen-bond donors (Lipinski definition) is 2. The molecule has 0 heterocycles. The Morgan fingerprint density at radius 3 is 2.56 bits per heavy atom. The summed E-state index contributed by atoms with van der Waals surface area (Å²) in [6.45, 7) is 3.97. The zero-order valence-electron chi connectivity index (χ0n) is 15.6. The van der Waals surface area contributed by atoms with E-state index in [1.54, 1.807) is 12.1 Å². The molecule has 144 valence electrons. The lowest BCUT2D eigenvalue weighted by Crippen LogP contribution is -2.35. The van der Waals surface area contributed by atoms with Gasteiger partial charge < -0.3 is 5.11 Å². The highest BCUT2D eigenvalue weighted by molar-refractivity contribution is 7.89. The first-order valence-electron chi connectivity index (χ1n) is 9.20. The maximum atomic E-state index is 12.9. The normalized spacial score (nSPS) is 16.5. The van der Waals surface area contributed by atoms with Crippen molar-refractivity contribution in [3.05, 3.63) is 64.7 Å². The summed E-state index contributed by atoms with van der Waals surface area (Å²) in [7, 11) is -3.60. The Morgan fingerprint density at radius 1 is 1.15 bits per heavy atom. The Balaban J connectivity index is 1.74. The Morgan fingerprint density at radius 2 is 1.85 bits per heavy atom. The third-order valence-electron chi connectivity index (χ3n) is 4.98. The van der Waals surface area contributed by atoms with Gasteiger partial charge in [-0.15, -0.1) is 0 Å². The zero-order valence-corrected chi connectivity index (χ0v) is 16.4. The van der Waals surface area contributed by atoms with Gasteiger partial charge in [0, 0.05) is 12.5 Å². The molecule has 0 bridgehead atoms. The van der Waals surface area contributed by atoms with Gasteiger partial charge in [-0.3, -0.25) is 4.79 Å². The number of aliphatic carboxylic acids is 1. The van der Waals surface area contributed by atoms with E-state index in [1.165, 1.54) is 0 Å². The molecule has 0 saturated heterocycles. The first kappa shape index (κ1) is 19.6. The minimum absolute atomic E-state index is 0.0980. The van der Waals surface area contributed by atoms with E-state index in [1.807, 2.05) is 44.2 Å². The van der Waals surface area contributed by atoms with Crippen molar-refractivity contribution >= 4 is 16.0 Å². The van der Waals surface area contributed by atoms with Gasteiger partial charge in [-0.25, -0.2) is 13.1 Å². The fraction of sp³-hybridized carbons (Fsp3) is 0.381. The number of aryl methyl sites for hydroxylation is 1. The van der Waals surface area contributed by atoms with Gasteiger partial charge in [0.15, 0.2) is 0 Å². The van der Waals surface area contributed by atoms with E-state index in [4.69, 9.17) is 5.11 Å². The van der Waals surface area contributed by atoms with E-state index >= 15 is 0 Å². The van der Waals surface area contributed by atoms with Crippen molar-refractivity contribution in [2.24, 2.45) is 0 Å². The highest BCUT2D eigenvalue weighted by Gasteiger charge is 2.28. The second kappa shape index (κ2) is 7.82. The molecule has 27 heavy (non-hydrogen) atoms. The minimum Gasteiger partial charge on any atom is -0.481 e. The van der Waals surface area contributed by atoms with Crippen molar-refractivity contribution in [1.82, 2.24) is 4.72 Å². The molecule has 6 heteroatoms. The first-order valence-corrected chi connectivity index (χ1v) is 10.7. The zero-order chi connectivity index (χ0) is 19.6. The largest absolute Gasteiger partial charge is 0.481 e. The Bertz CT molecular complexity index is 950. The van der Waals surface area contributed by atoms with E-state index in [0.717, 1.165) is 22.3 Å². The predicted molar refractivity (Wildman–Crippen MR) is 104 cm³/mol. The number of benzene rings is 2. The summed E-state index contributed by atoms with van der Waals surface area (Å²) in [5.41, 5.74) is 4.02. The molecule has 2 N–H and O–H groups in total. The highest BCUT2D eigenvalue weighted by Crippen LogP contribution is 2.27. The fourth-order valence-corrected chi connectivity index (χ4v) is 5.25. The van der Waals surface area contributed by atoms with E-state index in [-0.39, 0.29) is 18.4 Å². The monoisotopic (exact) mass is 387 g/mol. The lowest BCUT2D eigenvalue weighted by atomic mass is 10.0. The lowest BCUT2D eigenvalue weighted by molar-refractivity contribution is -0.136. The van der Waals surface area contributed by atoms with Crippen LogP contribution in [0.25, 0.3) is 0 Å². The van der Waals surface area contributed by atoms with Gasteiger partial charge in [0.05, 0.1) is 4.90 Å². The van der Waals surface area contributed by atoms with Crippen LogP contribution >= 0.6 is 0 Å². The number of carbonyl (C=O) groups is 1. The second-order valence-electron chi connectivity index (χ2n) is 7.42. The van der Waals surface area contributed by atoms with Gasteiger partial charge in [-0.05, 0) is 53.5 Å². The molecule has 0 saturated carbocycles. The van der Waals surface area contributed by atoms with E-state index in [9.17, 15) is 13.2 Å². The number of hydrogen-bond acceptors (Lipinski definition) is 3. The Hall–Kier alpha value is -2.18. The molecule has 0 aromatic heterocycles. The van der Waals surface area contributed by atoms with Gasteiger partial charge in [-0.2, -0.15) is 0 Å². The van der Waals surface area contributed by atoms with Gasteiger partial charge in [0.1, 0.15) is 0 Å². The van der Waals surface area contributed by atoms with Crippen molar-refractivity contribution in [1.29, 1.82) is 0 Å². The molecule has 2 aromatic carbocycles. The van der Waals surface area contributed by atoms with Crippen LogP contribution in [-0.4, -0.2) is 25.5 Å². The summed E-state index contributed by atoms with van der Waals surface area (Å²) in [6.07, 6.45) is 1.86. The van der Waals surface area contributed by atoms with Crippen LogP contribution in [-0.2, 0) is 34.1 Å². The minimum atomic E-state index is -3.60. The van der Waals surface area contributed by atoms with Crippen molar-refractivity contribution < 1.29 is 18.3 Å². The maximum absolute atomic E-state index is 12.9. The number of carboxylic acids is 1. The van der Waals surface area contributed by atoms with Crippen molar-refractivity contribution in [2.75, 3.05) is 0 Å². The molecule has 1 unspecified atom stereocenters. The van der Waals surface area contributed by atoms with Gasteiger partial charge in [-0.1, -0.05) is 50.2 Å². The number of sulfonamides is 1. The summed E-state index contributed by atoms with van der Waals surface area (Å²) in [6, 6.07) is 12.9. The predicted octanol–water partition coefficient (Wildman–Crippen LogP) is 3.27. The molecule has 3 rings (SSSR count). The molecule has 0 amide bonds. The highest BCUT2D eigenvalue weighted by atomic mass is 32.2. The van der Waals surface area contributed by atoms with Crippen molar-refractivity contribution in [3.8, 4) is 0 Å². The molecular formula is C21H25NO4S. The Labute approximate surface area is 160 Å². The van der Waals surface area contributed by atoms with Gasteiger partial charge in [0.25, 0.3) is 0 Å². The van der Waals surface area contributed by atoms with E-state index in [2.05, 4.69) is 4.72 Å². The molecule has 1 atom stereocenters. The molecular weight excluding hydrogens is 362 g/mol. The molecule has 0 fully saturated rings. The molecule has 0 aliphatic heterocycles. The summed E-state index contributed by atoms with van der Waals surface area (Å²) in [5, 5.41) is 8.83. The van der Waals surface area contributed by atoms with Crippen LogP contribution in [0.2, 0.25) is 0 Å². The average molecular weight is 388 g/mol. The third kappa shape index (κ3) is 4.57. The van der Waals surface area contributed by atoms with Crippen LogP contribution in [0.1, 0.15) is 48.4 Å². The first-order chi connectivity index (χ1) is 12.8. The molecule has 0 spiro atoms. The number of nitrogens with one attached hydrogen (secondary N) is 1. The number of fused-ring (bicyclic) bond motifs is 1. The van der Waals surface area contributed by atoms with Crippen LogP contribution < -0.4 is 4.72 Å². The number of carboxylic acid groups (broad SMARTS) is 1. The standard InChI is InChI=1S/C21H25NO4S/c1-14(2)19-5-3-4-6-20(19)27(25,26)22-18-12-16-9-7-15(8-10-21(23)24)11-17(16)13-18/h3-7,9,11,14,18,22H,8,10,12-13H2,1-2H3,(H,23,24). The van der Waals surface area contributed by atoms with Gasteiger partial charge in [0.2, 0.25) is 10.0 Å². The topological polar surface area (TPSA) is 83.5 Å². The van der Waals surface area contributed by atoms with E-state index < -0.39 is 16.0 Å². The van der Waals surface area contributed by atoms with Crippen LogP contribution in [0.15, 0.2) is 47.4 Å². The summed E-state index contributed by atoms with van der Waals surface area (Å²) < 4.78 is 28.7. The smallest absolute Gasteiger partial charge is 0.303 e. The molecule has 1 aliphatic rings. The van der Waals surface area contributed by atoms with Crippen molar-refractivity contribution in [3.63, 3.8) is 0 Å². The third-order valence-corrected chi connectivity index (χ3v) is 6.58. The van der Waals surface area contributed by atoms with Crippen LogP contribution in [0.4, 0.5) is 0 Å². The summed E-state index contributed by atoms with van der Waals surface area (Å²) in [5.74, 6) is -0.694. The Kier molecular flexibility index (Phi) is 5.67. The molecule has 1 aliphatic carbocycles. The van der Waals surface area contributed by atoms with Crippen molar-refractivity contribution in [2.45, 2.75) is 56.4 Å². The average Bonchev–Trinajstić information content (AvgIpc) is 3.00. The summed E-state index contributed by atoms with van der Waals surface area (Å²) >= 11 is 0.